The molecule has 0 unspecified atom stereocenters. The predicted octanol–water partition coefficient (Wildman–Crippen LogP) is 0.388. The quantitative estimate of drug-likeness (QED) is 0.843. The van der Waals surface area contributed by atoms with Crippen LogP contribution >= 0.6 is 0 Å². The van der Waals surface area contributed by atoms with Crippen LogP contribution in [0.15, 0.2) is 34.0 Å². The number of nitrogens with one attached hydrogen (secondary N) is 1. The van der Waals surface area contributed by atoms with Gasteiger partial charge in [-0.25, -0.2) is 0 Å². The summed E-state index contributed by atoms with van der Waals surface area (Å²) in [5.74, 6) is 0.657. The van der Waals surface area contributed by atoms with Gasteiger partial charge in [0.1, 0.15) is 0 Å². The number of H-pyrrole nitrogens is 1. The summed E-state index contributed by atoms with van der Waals surface area (Å²) in [5.41, 5.74) is 0.260. The van der Waals surface area contributed by atoms with E-state index in [1.165, 1.54) is 24.7 Å². The molecule has 0 saturated carbocycles. The fraction of sp³-hybridized carbons (Fsp3) is 0.333. The lowest BCUT2D eigenvalue weighted by atomic mass is 10.1. The lowest BCUT2D eigenvalue weighted by molar-refractivity contribution is 0.0790. The standard InChI is InChI=1S/C12H12N4O3/c17-10-2-1-8(5-13-10)12(18)16-4-3-9(6-16)11-14-7-19-15-11/h1-2,5,7,9H,3-4,6H2,(H,13,17)/t9-/m1/s1. The van der Waals surface area contributed by atoms with Gasteiger partial charge in [0.05, 0.1) is 5.56 Å². The zero-order chi connectivity index (χ0) is 13.2. The van der Waals surface area contributed by atoms with Crippen molar-refractivity contribution in [2.45, 2.75) is 12.3 Å². The molecule has 1 N–H and O–H groups in total. The van der Waals surface area contributed by atoms with E-state index in [2.05, 4.69) is 15.1 Å². The fourth-order valence-electron chi connectivity index (χ4n) is 2.24. The third kappa shape index (κ3) is 2.26. The van der Waals surface area contributed by atoms with Crippen LogP contribution in [0.2, 0.25) is 0 Å². The van der Waals surface area contributed by atoms with E-state index in [0.717, 1.165) is 6.42 Å². The molecule has 1 atom stereocenters. The van der Waals surface area contributed by atoms with E-state index in [1.807, 2.05) is 0 Å². The Labute approximate surface area is 108 Å². The first-order chi connectivity index (χ1) is 9.24. The zero-order valence-corrected chi connectivity index (χ0v) is 10.1. The lowest BCUT2D eigenvalue weighted by Gasteiger charge is -2.15. The van der Waals surface area contributed by atoms with Crippen LogP contribution < -0.4 is 5.56 Å². The van der Waals surface area contributed by atoms with Crippen LogP contribution in [0.5, 0.6) is 0 Å². The second-order valence-corrected chi connectivity index (χ2v) is 4.47. The Balaban J connectivity index is 1.72. The molecule has 2 aromatic rings. The second kappa shape index (κ2) is 4.68. The number of carbonyl (C=O) groups excluding carboxylic acids is 1. The molecular formula is C12H12N4O3. The molecule has 98 valence electrons. The molecule has 0 bridgehead atoms. The summed E-state index contributed by atoms with van der Waals surface area (Å²) >= 11 is 0. The molecule has 0 radical (unpaired) electrons. The van der Waals surface area contributed by atoms with Gasteiger partial charge in [-0.1, -0.05) is 5.16 Å². The number of hydrogen-bond acceptors (Lipinski definition) is 5. The van der Waals surface area contributed by atoms with Gasteiger partial charge in [0.15, 0.2) is 5.82 Å². The van der Waals surface area contributed by atoms with Gasteiger partial charge in [0.2, 0.25) is 12.0 Å². The van der Waals surface area contributed by atoms with E-state index in [4.69, 9.17) is 4.52 Å². The van der Waals surface area contributed by atoms with Crippen molar-refractivity contribution in [2.75, 3.05) is 13.1 Å². The average Bonchev–Trinajstić information content (AvgIpc) is 3.10. The molecule has 3 heterocycles. The number of hydrogen-bond donors (Lipinski definition) is 1. The van der Waals surface area contributed by atoms with Crippen LogP contribution in [0.1, 0.15) is 28.5 Å². The molecular weight excluding hydrogens is 248 g/mol. The maximum atomic E-state index is 12.2. The third-order valence-corrected chi connectivity index (χ3v) is 3.25. The highest BCUT2D eigenvalue weighted by Gasteiger charge is 2.30. The zero-order valence-electron chi connectivity index (χ0n) is 10.1. The van der Waals surface area contributed by atoms with Crippen molar-refractivity contribution < 1.29 is 9.32 Å². The van der Waals surface area contributed by atoms with Crippen molar-refractivity contribution in [3.63, 3.8) is 0 Å². The monoisotopic (exact) mass is 260 g/mol. The number of amides is 1. The molecule has 0 aliphatic carbocycles. The van der Waals surface area contributed by atoms with Crippen LogP contribution in [0.3, 0.4) is 0 Å². The normalized spacial score (nSPS) is 18.7. The molecule has 7 nitrogen and oxygen atoms in total. The van der Waals surface area contributed by atoms with E-state index in [0.29, 0.717) is 24.5 Å². The first kappa shape index (κ1) is 11.6. The van der Waals surface area contributed by atoms with E-state index in [1.54, 1.807) is 4.90 Å². The Morgan fingerprint density at radius 1 is 1.47 bits per heavy atom. The van der Waals surface area contributed by atoms with Gasteiger partial charge in [0.25, 0.3) is 5.91 Å². The molecule has 2 aromatic heterocycles. The smallest absolute Gasteiger partial charge is 0.255 e. The van der Waals surface area contributed by atoms with Crippen LogP contribution in [0, 0.1) is 0 Å². The van der Waals surface area contributed by atoms with Crippen LogP contribution in [0.25, 0.3) is 0 Å². The van der Waals surface area contributed by atoms with Gasteiger partial charge in [-0.05, 0) is 12.5 Å². The Bertz CT molecular complexity index is 614. The molecule has 1 amide bonds. The Kier molecular flexibility index (Phi) is 2.86. The number of aromatic nitrogens is 3. The number of pyridine rings is 1. The minimum absolute atomic E-state index is 0.0951. The van der Waals surface area contributed by atoms with Crippen molar-refractivity contribution in [3.05, 3.63) is 46.5 Å². The Morgan fingerprint density at radius 2 is 2.37 bits per heavy atom. The minimum Gasteiger partial charge on any atom is -0.343 e. The molecule has 7 heteroatoms. The number of aromatic amines is 1. The predicted molar refractivity (Wildman–Crippen MR) is 64.6 cm³/mol. The molecule has 1 saturated heterocycles. The fourth-order valence-corrected chi connectivity index (χ4v) is 2.24. The third-order valence-electron chi connectivity index (χ3n) is 3.25. The topological polar surface area (TPSA) is 92.1 Å². The minimum atomic E-state index is -0.220. The van der Waals surface area contributed by atoms with Crippen molar-refractivity contribution >= 4 is 5.91 Å². The SMILES string of the molecule is O=C(c1ccc(=O)[nH]c1)N1CC[C@@H](c2ncon2)C1. The first-order valence-electron chi connectivity index (χ1n) is 5.98. The van der Waals surface area contributed by atoms with Crippen molar-refractivity contribution in [1.82, 2.24) is 20.0 Å². The van der Waals surface area contributed by atoms with Gasteiger partial charge < -0.3 is 14.4 Å². The second-order valence-electron chi connectivity index (χ2n) is 4.47. The number of nitrogens with zero attached hydrogens (tertiary/aromatic N) is 3. The summed E-state index contributed by atoms with van der Waals surface area (Å²) in [4.78, 5) is 31.4. The number of carbonyl (C=O) groups is 1. The van der Waals surface area contributed by atoms with Gasteiger partial charge in [-0.15, -0.1) is 0 Å². The van der Waals surface area contributed by atoms with Crippen LogP contribution in [-0.4, -0.2) is 39.0 Å². The maximum absolute atomic E-state index is 12.2. The molecule has 0 aromatic carbocycles. The van der Waals surface area contributed by atoms with Gasteiger partial charge >= 0.3 is 0 Å². The number of rotatable bonds is 2. The first-order valence-corrected chi connectivity index (χ1v) is 5.98. The van der Waals surface area contributed by atoms with Crippen molar-refractivity contribution in [1.29, 1.82) is 0 Å². The Hall–Kier alpha value is -2.44. The lowest BCUT2D eigenvalue weighted by Crippen LogP contribution is -2.29. The summed E-state index contributed by atoms with van der Waals surface area (Å²) in [6, 6.07) is 2.88. The molecule has 0 spiro atoms. The molecule has 1 aliphatic heterocycles. The summed E-state index contributed by atoms with van der Waals surface area (Å²) in [6.45, 7) is 1.22. The van der Waals surface area contributed by atoms with E-state index < -0.39 is 0 Å². The highest BCUT2D eigenvalue weighted by Crippen LogP contribution is 2.25. The Morgan fingerprint density at radius 3 is 3.05 bits per heavy atom. The highest BCUT2D eigenvalue weighted by atomic mass is 16.5. The van der Waals surface area contributed by atoms with E-state index in [9.17, 15) is 9.59 Å². The van der Waals surface area contributed by atoms with Gasteiger partial charge in [-0.2, -0.15) is 4.98 Å². The molecule has 19 heavy (non-hydrogen) atoms. The summed E-state index contributed by atoms with van der Waals surface area (Å²) in [5, 5.41) is 3.80. The number of likely N-dealkylation sites (tertiary alicyclic amines) is 1. The summed E-state index contributed by atoms with van der Waals surface area (Å²) in [7, 11) is 0. The molecule has 1 fully saturated rings. The summed E-state index contributed by atoms with van der Waals surface area (Å²) in [6.07, 6.45) is 3.54. The van der Waals surface area contributed by atoms with Crippen molar-refractivity contribution in [3.8, 4) is 0 Å². The van der Waals surface area contributed by atoms with Crippen molar-refractivity contribution in [2.24, 2.45) is 0 Å². The maximum Gasteiger partial charge on any atom is 0.255 e. The van der Waals surface area contributed by atoms with Crippen LogP contribution in [-0.2, 0) is 0 Å². The van der Waals surface area contributed by atoms with Crippen LogP contribution in [0.4, 0.5) is 0 Å². The van der Waals surface area contributed by atoms with E-state index >= 15 is 0 Å². The van der Waals surface area contributed by atoms with Gasteiger partial charge in [0, 0.05) is 31.3 Å². The highest BCUT2D eigenvalue weighted by molar-refractivity contribution is 5.94. The summed E-state index contributed by atoms with van der Waals surface area (Å²) < 4.78 is 4.72. The molecule has 3 rings (SSSR count). The largest absolute Gasteiger partial charge is 0.343 e. The average molecular weight is 260 g/mol. The van der Waals surface area contributed by atoms with Gasteiger partial charge in [-0.3, -0.25) is 9.59 Å². The molecule has 1 aliphatic rings. The van der Waals surface area contributed by atoms with E-state index in [-0.39, 0.29) is 17.4 Å².